The summed E-state index contributed by atoms with van der Waals surface area (Å²) >= 11 is 0. The molecular weight excluding hydrogens is 260 g/mol. The number of nitrogens with one attached hydrogen (secondary N) is 1. The van der Waals surface area contributed by atoms with Crippen LogP contribution in [0, 0.1) is 0 Å². The number of benzene rings is 1. The summed E-state index contributed by atoms with van der Waals surface area (Å²) in [5.41, 5.74) is 1.60. The molecule has 0 aliphatic carbocycles. The van der Waals surface area contributed by atoms with Crippen LogP contribution in [0.2, 0.25) is 0 Å². The van der Waals surface area contributed by atoms with Crippen molar-refractivity contribution in [3.8, 4) is 0 Å². The van der Waals surface area contributed by atoms with Gasteiger partial charge in [0.25, 0.3) is 0 Å². The van der Waals surface area contributed by atoms with Gasteiger partial charge in [-0.2, -0.15) is 0 Å². The fourth-order valence-corrected chi connectivity index (χ4v) is 2.97. The highest BCUT2D eigenvalue weighted by atomic mass is 16.5. The van der Waals surface area contributed by atoms with Crippen LogP contribution in [-0.2, 0) is 11.2 Å². The summed E-state index contributed by atoms with van der Waals surface area (Å²) in [5, 5.41) is 3.68. The Morgan fingerprint density at radius 3 is 2.67 bits per heavy atom. The Morgan fingerprint density at radius 1 is 1.29 bits per heavy atom. The molecule has 1 saturated heterocycles. The lowest BCUT2D eigenvalue weighted by atomic mass is 9.95. The van der Waals surface area contributed by atoms with Crippen molar-refractivity contribution in [2.75, 3.05) is 26.2 Å². The zero-order valence-corrected chi connectivity index (χ0v) is 13.9. The molecule has 0 aromatic heterocycles. The molecule has 2 rings (SSSR count). The molecule has 1 N–H and O–H groups in total. The third-order valence-corrected chi connectivity index (χ3v) is 4.07. The molecule has 1 aromatic carbocycles. The van der Waals surface area contributed by atoms with E-state index < -0.39 is 0 Å². The molecule has 1 unspecified atom stereocenters. The molecule has 1 aliphatic heterocycles. The van der Waals surface area contributed by atoms with Gasteiger partial charge in [-0.25, -0.2) is 0 Å². The van der Waals surface area contributed by atoms with Crippen LogP contribution in [0.15, 0.2) is 30.3 Å². The minimum absolute atomic E-state index is 0.186. The van der Waals surface area contributed by atoms with Gasteiger partial charge in [-0.15, -0.1) is 0 Å². The van der Waals surface area contributed by atoms with Crippen molar-refractivity contribution in [1.29, 1.82) is 0 Å². The molecule has 1 fully saturated rings. The fourth-order valence-electron chi connectivity index (χ4n) is 2.97. The van der Waals surface area contributed by atoms with E-state index in [-0.39, 0.29) is 5.54 Å². The van der Waals surface area contributed by atoms with Gasteiger partial charge in [-0.1, -0.05) is 30.3 Å². The number of rotatable bonds is 6. The van der Waals surface area contributed by atoms with Crippen molar-refractivity contribution in [2.24, 2.45) is 0 Å². The SMILES string of the molecule is CC(C)OCCN1CC(C)(C)NCC1Cc1ccccc1. The van der Waals surface area contributed by atoms with E-state index in [1.165, 1.54) is 5.56 Å². The molecule has 3 heteroatoms. The van der Waals surface area contributed by atoms with Crippen molar-refractivity contribution in [3.05, 3.63) is 35.9 Å². The van der Waals surface area contributed by atoms with E-state index in [0.717, 1.165) is 32.7 Å². The van der Waals surface area contributed by atoms with Gasteiger partial charge in [-0.05, 0) is 39.7 Å². The first-order chi connectivity index (χ1) is 9.96. The second-order valence-electron chi connectivity index (χ2n) is 7.00. The van der Waals surface area contributed by atoms with Gasteiger partial charge in [0, 0.05) is 31.2 Å². The zero-order chi connectivity index (χ0) is 15.3. The van der Waals surface area contributed by atoms with Crippen LogP contribution in [0.3, 0.4) is 0 Å². The maximum atomic E-state index is 5.75. The van der Waals surface area contributed by atoms with Gasteiger partial charge in [0.05, 0.1) is 12.7 Å². The Bertz CT molecular complexity index is 416. The minimum atomic E-state index is 0.186. The van der Waals surface area contributed by atoms with Gasteiger partial charge in [0.1, 0.15) is 0 Å². The van der Waals surface area contributed by atoms with Crippen molar-refractivity contribution >= 4 is 0 Å². The van der Waals surface area contributed by atoms with Crippen LogP contribution >= 0.6 is 0 Å². The number of ether oxygens (including phenoxy) is 1. The maximum absolute atomic E-state index is 5.75. The van der Waals surface area contributed by atoms with E-state index in [0.29, 0.717) is 12.1 Å². The number of hydrogen-bond acceptors (Lipinski definition) is 3. The van der Waals surface area contributed by atoms with Gasteiger partial charge in [0.2, 0.25) is 0 Å². The van der Waals surface area contributed by atoms with Gasteiger partial charge in [0.15, 0.2) is 0 Å². The van der Waals surface area contributed by atoms with Crippen molar-refractivity contribution in [2.45, 2.75) is 51.8 Å². The molecule has 21 heavy (non-hydrogen) atoms. The van der Waals surface area contributed by atoms with Crippen molar-refractivity contribution in [1.82, 2.24) is 10.2 Å². The summed E-state index contributed by atoms with van der Waals surface area (Å²) in [6.45, 7) is 12.7. The zero-order valence-electron chi connectivity index (χ0n) is 13.9. The fraction of sp³-hybridized carbons (Fsp3) is 0.667. The second-order valence-corrected chi connectivity index (χ2v) is 7.00. The molecule has 0 spiro atoms. The first-order valence-electron chi connectivity index (χ1n) is 8.11. The average Bonchev–Trinajstić information content (AvgIpc) is 2.42. The quantitative estimate of drug-likeness (QED) is 0.872. The molecule has 1 aromatic rings. The number of hydrogen-bond donors (Lipinski definition) is 1. The predicted molar refractivity (Wildman–Crippen MR) is 88.7 cm³/mol. The Kier molecular flexibility index (Phi) is 5.80. The Hall–Kier alpha value is -0.900. The lowest BCUT2D eigenvalue weighted by Gasteiger charge is -2.45. The first-order valence-corrected chi connectivity index (χ1v) is 8.11. The van der Waals surface area contributed by atoms with Gasteiger partial charge >= 0.3 is 0 Å². The van der Waals surface area contributed by atoms with Gasteiger partial charge in [-0.3, -0.25) is 4.90 Å². The number of nitrogens with zero attached hydrogens (tertiary/aromatic N) is 1. The summed E-state index contributed by atoms with van der Waals surface area (Å²) in [5.74, 6) is 0. The molecule has 0 amide bonds. The van der Waals surface area contributed by atoms with Crippen LogP contribution in [0.5, 0.6) is 0 Å². The first kappa shape index (κ1) is 16.5. The molecule has 0 saturated carbocycles. The van der Waals surface area contributed by atoms with E-state index in [1.54, 1.807) is 0 Å². The molecule has 0 bridgehead atoms. The van der Waals surface area contributed by atoms with Crippen LogP contribution < -0.4 is 5.32 Å². The summed E-state index contributed by atoms with van der Waals surface area (Å²) in [7, 11) is 0. The molecule has 1 heterocycles. The third-order valence-electron chi connectivity index (χ3n) is 4.07. The summed E-state index contributed by atoms with van der Waals surface area (Å²) in [4.78, 5) is 2.59. The molecular formula is C18H30N2O. The monoisotopic (exact) mass is 290 g/mol. The molecule has 3 nitrogen and oxygen atoms in total. The Balaban J connectivity index is 1.95. The predicted octanol–water partition coefficient (Wildman–Crippen LogP) is 2.71. The lowest BCUT2D eigenvalue weighted by Crippen LogP contribution is -2.62. The van der Waals surface area contributed by atoms with Crippen LogP contribution in [-0.4, -0.2) is 48.8 Å². The van der Waals surface area contributed by atoms with Crippen LogP contribution in [0.25, 0.3) is 0 Å². The van der Waals surface area contributed by atoms with Crippen LogP contribution in [0.4, 0.5) is 0 Å². The summed E-state index contributed by atoms with van der Waals surface area (Å²) in [6.07, 6.45) is 1.42. The topological polar surface area (TPSA) is 24.5 Å². The van der Waals surface area contributed by atoms with E-state index in [9.17, 15) is 0 Å². The normalized spacial score (nSPS) is 22.6. The van der Waals surface area contributed by atoms with Crippen molar-refractivity contribution < 1.29 is 4.74 Å². The van der Waals surface area contributed by atoms with E-state index in [1.807, 2.05) is 0 Å². The summed E-state index contributed by atoms with van der Waals surface area (Å²) < 4.78 is 5.75. The van der Waals surface area contributed by atoms with E-state index in [4.69, 9.17) is 4.74 Å². The smallest absolute Gasteiger partial charge is 0.0597 e. The highest BCUT2D eigenvalue weighted by Gasteiger charge is 2.32. The minimum Gasteiger partial charge on any atom is -0.377 e. The van der Waals surface area contributed by atoms with Gasteiger partial charge < -0.3 is 10.1 Å². The second kappa shape index (κ2) is 7.39. The Morgan fingerprint density at radius 2 is 2.00 bits per heavy atom. The largest absolute Gasteiger partial charge is 0.377 e. The average molecular weight is 290 g/mol. The molecule has 0 radical (unpaired) electrons. The third kappa shape index (κ3) is 5.42. The lowest BCUT2D eigenvalue weighted by molar-refractivity contribution is 0.0267. The molecule has 118 valence electrons. The van der Waals surface area contributed by atoms with Crippen molar-refractivity contribution in [3.63, 3.8) is 0 Å². The molecule has 1 aliphatic rings. The highest BCUT2D eigenvalue weighted by molar-refractivity contribution is 5.16. The van der Waals surface area contributed by atoms with E-state index in [2.05, 4.69) is 68.2 Å². The standard InChI is InChI=1S/C18H30N2O/c1-15(2)21-11-10-20-14-18(3,4)19-13-17(20)12-16-8-6-5-7-9-16/h5-9,15,17,19H,10-14H2,1-4H3. The molecule has 1 atom stereocenters. The maximum Gasteiger partial charge on any atom is 0.0597 e. The van der Waals surface area contributed by atoms with Crippen LogP contribution in [0.1, 0.15) is 33.3 Å². The van der Waals surface area contributed by atoms with E-state index >= 15 is 0 Å². The highest BCUT2D eigenvalue weighted by Crippen LogP contribution is 2.18. The number of piperazine rings is 1. The summed E-state index contributed by atoms with van der Waals surface area (Å²) in [6, 6.07) is 11.3. The Labute approximate surface area is 129 Å².